The van der Waals surface area contributed by atoms with Crippen LogP contribution in [0, 0.1) is 0 Å². The third kappa shape index (κ3) is 6.87. The smallest absolute Gasteiger partial charge is 0.322 e. The lowest BCUT2D eigenvalue weighted by Crippen LogP contribution is -2.53. The zero-order chi connectivity index (χ0) is 18.1. The monoisotopic (exact) mass is 340 g/mol. The van der Waals surface area contributed by atoms with E-state index in [1.54, 1.807) is 0 Å². The molecular formula is C13H20N6O5. The number of carboxylic acids is 1. The third-order valence-electron chi connectivity index (χ3n) is 3.06. The molecule has 1 aromatic rings. The quantitative estimate of drug-likeness (QED) is 0.265. The SMILES string of the molecule is NC(=O)CC[C@H](N)C(=O)N[C@@H](Cc1cnc[nH]1)C(=O)NCC(=O)O. The van der Waals surface area contributed by atoms with Crippen LogP contribution in [-0.2, 0) is 25.6 Å². The number of amides is 3. The van der Waals surface area contributed by atoms with Crippen LogP contribution >= 0.6 is 0 Å². The van der Waals surface area contributed by atoms with Gasteiger partial charge in [-0.2, -0.15) is 0 Å². The van der Waals surface area contributed by atoms with Crippen LogP contribution in [0.25, 0.3) is 0 Å². The van der Waals surface area contributed by atoms with E-state index in [1.807, 2.05) is 0 Å². The first-order chi connectivity index (χ1) is 11.3. The highest BCUT2D eigenvalue weighted by Crippen LogP contribution is 2.01. The first-order valence-electron chi connectivity index (χ1n) is 7.10. The lowest BCUT2D eigenvalue weighted by molar-refractivity contribution is -0.138. The molecule has 0 bridgehead atoms. The minimum Gasteiger partial charge on any atom is -0.480 e. The standard InChI is InChI=1S/C13H20N6O5/c14-8(1-2-10(15)20)12(23)19-9(3-7-4-16-6-18-7)13(24)17-5-11(21)22/h4,6,8-9H,1-3,5,14H2,(H2,15,20)(H,16,18)(H,17,24)(H,19,23)(H,21,22)/t8-,9-/m0/s1. The number of aromatic nitrogens is 2. The number of nitrogens with zero attached hydrogens (tertiary/aromatic N) is 1. The van der Waals surface area contributed by atoms with Gasteiger partial charge in [-0.1, -0.05) is 0 Å². The molecule has 0 saturated heterocycles. The molecule has 2 atom stereocenters. The molecule has 3 amide bonds. The van der Waals surface area contributed by atoms with Crippen molar-refractivity contribution < 1.29 is 24.3 Å². The van der Waals surface area contributed by atoms with E-state index in [1.165, 1.54) is 12.5 Å². The number of carbonyl (C=O) groups is 4. The lowest BCUT2D eigenvalue weighted by Gasteiger charge is -2.19. The number of H-pyrrole nitrogens is 1. The minimum absolute atomic E-state index is 0.0364. The number of rotatable bonds is 10. The number of aromatic amines is 1. The lowest BCUT2D eigenvalue weighted by atomic mass is 10.1. The average molecular weight is 340 g/mol. The number of imidazole rings is 1. The molecule has 0 aliphatic carbocycles. The molecule has 0 saturated carbocycles. The van der Waals surface area contributed by atoms with Crippen molar-refractivity contribution in [3.63, 3.8) is 0 Å². The Morgan fingerprint density at radius 2 is 2.00 bits per heavy atom. The van der Waals surface area contributed by atoms with Crippen molar-refractivity contribution in [3.05, 3.63) is 18.2 Å². The zero-order valence-corrected chi connectivity index (χ0v) is 12.8. The van der Waals surface area contributed by atoms with Gasteiger partial charge in [0.1, 0.15) is 12.6 Å². The Balaban J connectivity index is 2.69. The average Bonchev–Trinajstić information content (AvgIpc) is 3.02. The molecule has 0 spiro atoms. The molecule has 1 rings (SSSR count). The van der Waals surface area contributed by atoms with Crippen molar-refractivity contribution in [1.29, 1.82) is 0 Å². The van der Waals surface area contributed by atoms with Gasteiger partial charge in [0.25, 0.3) is 0 Å². The maximum Gasteiger partial charge on any atom is 0.322 e. The van der Waals surface area contributed by atoms with Crippen molar-refractivity contribution in [2.75, 3.05) is 6.54 Å². The summed E-state index contributed by atoms with van der Waals surface area (Å²) in [6, 6.07) is -2.06. The van der Waals surface area contributed by atoms with Crippen LogP contribution in [0.15, 0.2) is 12.5 Å². The molecule has 0 unspecified atom stereocenters. The van der Waals surface area contributed by atoms with Gasteiger partial charge in [0.15, 0.2) is 0 Å². The topological polar surface area (TPSA) is 193 Å². The molecule has 1 aromatic heterocycles. The molecular weight excluding hydrogens is 320 g/mol. The molecule has 24 heavy (non-hydrogen) atoms. The van der Waals surface area contributed by atoms with E-state index in [4.69, 9.17) is 16.6 Å². The highest BCUT2D eigenvalue weighted by atomic mass is 16.4. The van der Waals surface area contributed by atoms with E-state index >= 15 is 0 Å². The van der Waals surface area contributed by atoms with Gasteiger partial charge in [0.05, 0.1) is 12.4 Å². The Labute approximate surface area is 137 Å². The van der Waals surface area contributed by atoms with E-state index in [-0.39, 0.29) is 19.3 Å². The van der Waals surface area contributed by atoms with Gasteiger partial charge >= 0.3 is 5.97 Å². The molecule has 11 heteroatoms. The Morgan fingerprint density at radius 1 is 1.29 bits per heavy atom. The van der Waals surface area contributed by atoms with Gasteiger partial charge in [-0.25, -0.2) is 4.98 Å². The van der Waals surface area contributed by atoms with Gasteiger partial charge < -0.3 is 32.2 Å². The van der Waals surface area contributed by atoms with Crippen molar-refractivity contribution >= 4 is 23.7 Å². The van der Waals surface area contributed by atoms with Crippen molar-refractivity contribution in [2.45, 2.75) is 31.3 Å². The Bertz CT molecular complexity index is 588. The van der Waals surface area contributed by atoms with Crippen LogP contribution in [0.3, 0.4) is 0 Å². The predicted octanol–water partition coefficient (Wildman–Crippen LogP) is -2.77. The maximum atomic E-state index is 12.1. The summed E-state index contributed by atoms with van der Waals surface area (Å²) < 4.78 is 0. The number of aliphatic carboxylic acids is 1. The molecule has 0 aliphatic heterocycles. The third-order valence-corrected chi connectivity index (χ3v) is 3.06. The number of carbonyl (C=O) groups excluding carboxylic acids is 3. The van der Waals surface area contributed by atoms with Crippen LogP contribution in [0.1, 0.15) is 18.5 Å². The summed E-state index contributed by atoms with van der Waals surface area (Å²) in [5, 5.41) is 13.2. The van der Waals surface area contributed by atoms with Crippen LogP contribution in [0.4, 0.5) is 0 Å². The molecule has 11 nitrogen and oxygen atoms in total. The summed E-state index contributed by atoms with van der Waals surface area (Å²) in [6.07, 6.45) is 2.91. The first-order valence-corrected chi connectivity index (χ1v) is 7.10. The minimum atomic E-state index is -1.21. The molecule has 8 N–H and O–H groups in total. The summed E-state index contributed by atoms with van der Waals surface area (Å²) >= 11 is 0. The summed E-state index contributed by atoms with van der Waals surface area (Å²) in [4.78, 5) is 51.9. The number of nitrogens with two attached hydrogens (primary N) is 2. The largest absolute Gasteiger partial charge is 0.480 e. The van der Waals surface area contributed by atoms with Crippen molar-refractivity contribution in [3.8, 4) is 0 Å². The Hall–Kier alpha value is -2.95. The summed E-state index contributed by atoms with van der Waals surface area (Å²) in [6.45, 7) is -0.581. The van der Waals surface area contributed by atoms with Gasteiger partial charge in [0.2, 0.25) is 17.7 Å². The van der Waals surface area contributed by atoms with E-state index in [9.17, 15) is 19.2 Å². The number of primary amides is 1. The predicted molar refractivity (Wildman–Crippen MR) is 81.3 cm³/mol. The van der Waals surface area contributed by atoms with Crippen molar-refractivity contribution in [1.82, 2.24) is 20.6 Å². The van der Waals surface area contributed by atoms with Crippen LogP contribution in [0.5, 0.6) is 0 Å². The van der Waals surface area contributed by atoms with Gasteiger partial charge in [-0.3, -0.25) is 19.2 Å². The zero-order valence-electron chi connectivity index (χ0n) is 12.8. The van der Waals surface area contributed by atoms with E-state index < -0.39 is 42.3 Å². The highest BCUT2D eigenvalue weighted by Gasteiger charge is 2.25. The highest BCUT2D eigenvalue weighted by molar-refractivity contribution is 5.91. The number of carboxylic acid groups (broad SMARTS) is 1. The number of hydrogen-bond acceptors (Lipinski definition) is 6. The molecule has 0 aromatic carbocycles. The Kier molecular flexibility index (Phi) is 7.36. The fourth-order valence-corrected chi connectivity index (χ4v) is 1.82. The number of nitrogens with one attached hydrogen (secondary N) is 3. The molecule has 0 aliphatic rings. The van der Waals surface area contributed by atoms with Crippen LogP contribution < -0.4 is 22.1 Å². The summed E-state index contributed by atoms with van der Waals surface area (Å²) in [5.41, 5.74) is 11.2. The van der Waals surface area contributed by atoms with Crippen LogP contribution in [0.2, 0.25) is 0 Å². The maximum absolute atomic E-state index is 12.1. The fourth-order valence-electron chi connectivity index (χ4n) is 1.82. The molecule has 0 fully saturated rings. The molecule has 1 heterocycles. The summed E-state index contributed by atoms with van der Waals surface area (Å²) in [7, 11) is 0. The van der Waals surface area contributed by atoms with Gasteiger partial charge in [0, 0.05) is 24.7 Å². The molecule has 132 valence electrons. The summed E-state index contributed by atoms with van der Waals surface area (Å²) in [5.74, 6) is -3.13. The van der Waals surface area contributed by atoms with E-state index in [0.29, 0.717) is 5.69 Å². The number of hydrogen-bond donors (Lipinski definition) is 6. The first kappa shape index (κ1) is 19.1. The molecule has 0 radical (unpaired) electrons. The van der Waals surface area contributed by atoms with E-state index in [0.717, 1.165) is 0 Å². The Morgan fingerprint density at radius 3 is 2.54 bits per heavy atom. The van der Waals surface area contributed by atoms with Crippen molar-refractivity contribution in [2.24, 2.45) is 11.5 Å². The van der Waals surface area contributed by atoms with Gasteiger partial charge in [-0.15, -0.1) is 0 Å². The van der Waals surface area contributed by atoms with E-state index in [2.05, 4.69) is 20.6 Å². The fraction of sp³-hybridized carbons (Fsp3) is 0.462. The van der Waals surface area contributed by atoms with Gasteiger partial charge in [-0.05, 0) is 6.42 Å². The normalized spacial score (nSPS) is 12.9. The van der Waals surface area contributed by atoms with Crippen LogP contribution in [-0.4, -0.2) is 57.4 Å². The second-order valence-electron chi connectivity index (χ2n) is 5.07. The second-order valence-corrected chi connectivity index (χ2v) is 5.07. The second kappa shape index (κ2) is 9.25.